The molecule has 15 heavy (non-hydrogen) atoms. The van der Waals surface area contributed by atoms with Crippen LogP contribution in [0.25, 0.3) is 11.1 Å². The van der Waals surface area contributed by atoms with Crippen LogP contribution in [0.1, 0.15) is 5.56 Å². The van der Waals surface area contributed by atoms with Gasteiger partial charge in [0.1, 0.15) is 11.0 Å². The molecule has 0 aliphatic carbocycles. The van der Waals surface area contributed by atoms with E-state index in [1.165, 1.54) is 12.1 Å². The van der Waals surface area contributed by atoms with E-state index in [-0.39, 0.29) is 5.82 Å². The molecule has 0 aliphatic rings. The van der Waals surface area contributed by atoms with E-state index in [1.807, 2.05) is 13.0 Å². The van der Waals surface area contributed by atoms with Gasteiger partial charge in [0.2, 0.25) is 0 Å². The van der Waals surface area contributed by atoms with Gasteiger partial charge in [-0.05, 0) is 47.9 Å². The largest absolute Gasteiger partial charge is 0.245 e. The van der Waals surface area contributed by atoms with Gasteiger partial charge in [0.25, 0.3) is 0 Å². The predicted molar refractivity (Wildman–Crippen MR) is 59.4 cm³/mol. The van der Waals surface area contributed by atoms with E-state index in [1.54, 1.807) is 18.3 Å². The summed E-state index contributed by atoms with van der Waals surface area (Å²) in [6.45, 7) is 1.87. The third kappa shape index (κ3) is 2.16. The van der Waals surface area contributed by atoms with Crippen LogP contribution in [-0.2, 0) is 0 Å². The molecule has 1 aromatic heterocycles. The molecule has 0 fully saturated rings. The molecule has 0 bridgehead atoms. The number of aromatic nitrogens is 1. The predicted octanol–water partition coefficient (Wildman–Crippen LogP) is 3.85. The summed E-state index contributed by atoms with van der Waals surface area (Å²) >= 11 is 5.79. The number of halogens is 2. The molecule has 0 unspecified atom stereocenters. The maximum absolute atomic E-state index is 12.9. The van der Waals surface area contributed by atoms with Crippen molar-refractivity contribution in [2.24, 2.45) is 0 Å². The molecule has 1 aromatic carbocycles. The van der Waals surface area contributed by atoms with Crippen LogP contribution in [0.5, 0.6) is 0 Å². The Kier molecular flexibility index (Phi) is 2.69. The molecular weight excluding hydrogens is 213 g/mol. The van der Waals surface area contributed by atoms with E-state index in [0.29, 0.717) is 5.15 Å². The minimum absolute atomic E-state index is 0.226. The normalized spacial score (nSPS) is 10.3. The summed E-state index contributed by atoms with van der Waals surface area (Å²) in [6, 6.07) is 8.31. The molecule has 1 heterocycles. The molecule has 2 rings (SSSR count). The van der Waals surface area contributed by atoms with Crippen molar-refractivity contribution >= 4 is 11.6 Å². The van der Waals surface area contributed by atoms with Gasteiger partial charge in [-0.15, -0.1) is 0 Å². The Bertz CT molecular complexity index is 497. The summed E-state index contributed by atoms with van der Waals surface area (Å²) in [5.74, 6) is -0.226. The summed E-state index contributed by atoms with van der Waals surface area (Å²) in [5, 5.41) is 0.441. The molecule has 0 spiro atoms. The number of hydrogen-bond donors (Lipinski definition) is 0. The summed E-state index contributed by atoms with van der Waals surface area (Å²) in [7, 11) is 0. The molecule has 0 saturated carbocycles. The lowest BCUT2D eigenvalue weighted by molar-refractivity contribution is 0.627. The van der Waals surface area contributed by atoms with Crippen molar-refractivity contribution in [2.75, 3.05) is 0 Å². The topological polar surface area (TPSA) is 12.9 Å². The zero-order valence-corrected chi connectivity index (χ0v) is 8.92. The van der Waals surface area contributed by atoms with Crippen molar-refractivity contribution in [3.05, 3.63) is 53.1 Å². The van der Waals surface area contributed by atoms with Gasteiger partial charge >= 0.3 is 0 Å². The molecule has 0 atom stereocenters. The number of pyridine rings is 1. The highest BCUT2D eigenvalue weighted by Gasteiger charge is 2.03. The molecule has 0 saturated heterocycles. The SMILES string of the molecule is Cc1cc(F)ccc1-c1ccnc(Cl)c1. The van der Waals surface area contributed by atoms with Crippen LogP contribution in [0.2, 0.25) is 5.15 Å². The van der Waals surface area contributed by atoms with Crippen molar-refractivity contribution in [2.45, 2.75) is 6.92 Å². The fourth-order valence-corrected chi connectivity index (χ4v) is 1.69. The first-order valence-electron chi connectivity index (χ1n) is 4.55. The van der Waals surface area contributed by atoms with E-state index in [9.17, 15) is 4.39 Å². The Morgan fingerprint density at radius 2 is 2.00 bits per heavy atom. The number of aryl methyl sites for hydroxylation is 1. The van der Waals surface area contributed by atoms with Crippen molar-refractivity contribution in [3.8, 4) is 11.1 Å². The minimum atomic E-state index is -0.226. The molecular formula is C12H9ClFN. The average molecular weight is 222 g/mol. The van der Waals surface area contributed by atoms with E-state index in [2.05, 4.69) is 4.98 Å². The number of rotatable bonds is 1. The van der Waals surface area contributed by atoms with Gasteiger partial charge in [-0.1, -0.05) is 17.7 Å². The van der Waals surface area contributed by atoms with E-state index in [0.717, 1.165) is 16.7 Å². The number of benzene rings is 1. The highest BCUT2D eigenvalue weighted by Crippen LogP contribution is 2.25. The Morgan fingerprint density at radius 3 is 2.67 bits per heavy atom. The van der Waals surface area contributed by atoms with Crippen LogP contribution in [0.15, 0.2) is 36.5 Å². The Labute approximate surface area is 92.5 Å². The zero-order valence-electron chi connectivity index (χ0n) is 8.17. The standard InChI is InChI=1S/C12H9ClFN/c1-8-6-10(14)2-3-11(8)9-4-5-15-12(13)7-9/h2-7H,1H3. The lowest BCUT2D eigenvalue weighted by Gasteiger charge is -2.05. The van der Waals surface area contributed by atoms with Gasteiger partial charge < -0.3 is 0 Å². The van der Waals surface area contributed by atoms with Gasteiger partial charge in [-0.2, -0.15) is 0 Å². The van der Waals surface area contributed by atoms with E-state index >= 15 is 0 Å². The second kappa shape index (κ2) is 3.99. The second-order valence-electron chi connectivity index (χ2n) is 3.33. The number of nitrogens with zero attached hydrogens (tertiary/aromatic N) is 1. The molecule has 76 valence electrons. The van der Waals surface area contributed by atoms with Crippen molar-refractivity contribution < 1.29 is 4.39 Å². The van der Waals surface area contributed by atoms with Gasteiger partial charge in [0.05, 0.1) is 0 Å². The van der Waals surface area contributed by atoms with Crippen LogP contribution in [0.3, 0.4) is 0 Å². The first-order chi connectivity index (χ1) is 7.16. The van der Waals surface area contributed by atoms with Crippen molar-refractivity contribution in [3.63, 3.8) is 0 Å². The highest BCUT2D eigenvalue weighted by molar-refractivity contribution is 6.29. The van der Waals surface area contributed by atoms with E-state index < -0.39 is 0 Å². The zero-order chi connectivity index (χ0) is 10.8. The van der Waals surface area contributed by atoms with Crippen molar-refractivity contribution in [1.29, 1.82) is 0 Å². The quantitative estimate of drug-likeness (QED) is 0.667. The molecule has 0 aliphatic heterocycles. The highest BCUT2D eigenvalue weighted by atomic mass is 35.5. The lowest BCUT2D eigenvalue weighted by atomic mass is 10.0. The fourth-order valence-electron chi connectivity index (χ4n) is 1.52. The summed E-state index contributed by atoms with van der Waals surface area (Å²) in [5.41, 5.74) is 2.81. The molecule has 1 nitrogen and oxygen atoms in total. The molecule has 2 aromatic rings. The van der Waals surface area contributed by atoms with Gasteiger partial charge in [-0.3, -0.25) is 0 Å². The average Bonchev–Trinajstić information content (AvgIpc) is 2.17. The molecule has 0 N–H and O–H groups in total. The summed E-state index contributed by atoms with van der Waals surface area (Å²) in [6.07, 6.45) is 1.64. The third-order valence-corrected chi connectivity index (χ3v) is 2.43. The minimum Gasteiger partial charge on any atom is -0.245 e. The van der Waals surface area contributed by atoms with E-state index in [4.69, 9.17) is 11.6 Å². The summed E-state index contributed by atoms with van der Waals surface area (Å²) < 4.78 is 12.9. The lowest BCUT2D eigenvalue weighted by Crippen LogP contribution is -1.86. The van der Waals surface area contributed by atoms with Gasteiger partial charge in [-0.25, -0.2) is 9.37 Å². The number of hydrogen-bond acceptors (Lipinski definition) is 1. The molecule has 0 radical (unpaired) electrons. The smallest absolute Gasteiger partial charge is 0.129 e. The monoisotopic (exact) mass is 221 g/mol. The van der Waals surface area contributed by atoms with Crippen molar-refractivity contribution in [1.82, 2.24) is 4.98 Å². The van der Waals surface area contributed by atoms with Crippen LogP contribution in [0, 0.1) is 12.7 Å². The van der Waals surface area contributed by atoms with Crippen LogP contribution in [-0.4, -0.2) is 4.98 Å². The Morgan fingerprint density at radius 1 is 1.20 bits per heavy atom. The fraction of sp³-hybridized carbons (Fsp3) is 0.0833. The molecule has 3 heteroatoms. The Hall–Kier alpha value is -1.41. The summed E-state index contributed by atoms with van der Waals surface area (Å²) in [4.78, 5) is 3.90. The van der Waals surface area contributed by atoms with Gasteiger partial charge in [0.15, 0.2) is 0 Å². The maximum Gasteiger partial charge on any atom is 0.129 e. The second-order valence-corrected chi connectivity index (χ2v) is 3.71. The molecule has 0 amide bonds. The Balaban J connectivity index is 2.54. The first kappa shape index (κ1) is 10.1. The van der Waals surface area contributed by atoms with Gasteiger partial charge in [0, 0.05) is 6.20 Å². The first-order valence-corrected chi connectivity index (χ1v) is 4.93. The third-order valence-electron chi connectivity index (χ3n) is 2.23. The van der Waals surface area contributed by atoms with Crippen LogP contribution < -0.4 is 0 Å². The van der Waals surface area contributed by atoms with Crippen LogP contribution >= 0.6 is 11.6 Å². The maximum atomic E-state index is 12.9. The van der Waals surface area contributed by atoms with Crippen LogP contribution in [0.4, 0.5) is 4.39 Å².